The standard InChI is InChI=1S/C21H20N4O4/c1-14-4-6-15(7-5-14)19-18-20(29-24-19)23-13-25(21(18)27)11-9-17(26)22-10-8-16-3-2-12-28-16/h2-7,12-13H,8-11H2,1H3,(H,22,26). The van der Waals surface area contributed by atoms with Crippen molar-refractivity contribution in [2.45, 2.75) is 26.3 Å². The molecule has 8 heteroatoms. The lowest BCUT2D eigenvalue weighted by Crippen LogP contribution is -2.28. The maximum atomic E-state index is 12.9. The molecule has 1 amide bonds. The van der Waals surface area contributed by atoms with Crippen LogP contribution in [0.15, 0.2) is 62.7 Å². The molecule has 0 bridgehead atoms. The normalized spacial score (nSPS) is 11.1. The minimum Gasteiger partial charge on any atom is -0.469 e. The largest absolute Gasteiger partial charge is 0.469 e. The minimum absolute atomic E-state index is 0.146. The van der Waals surface area contributed by atoms with E-state index in [1.54, 1.807) is 6.26 Å². The van der Waals surface area contributed by atoms with Gasteiger partial charge in [0, 0.05) is 31.5 Å². The Labute approximate surface area is 166 Å². The first kappa shape index (κ1) is 18.7. The van der Waals surface area contributed by atoms with Crippen molar-refractivity contribution in [2.75, 3.05) is 6.54 Å². The molecule has 0 radical (unpaired) electrons. The van der Waals surface area contributed by atoms with Crippen molar-refractivity contribution in [1.29, 1.82) is 0 Å². The first-order chi connectivity index (χ1) is 14.1. The van der Waals surface area contributed by atoms with Gasteiger partial charge in [-0.1, -0.05) is 35.0 Å². The summed E-state index contributed by atoms with van der Waals surface area (Å²) in [7, 11) is 0. The zero-order valence-electron chi connectivity index (χ0n) is 15.9. The maximum absolute atomic E-state index is 12.9. The number of amides is 1. The highest BCUT2D eigenvalue weighted by molar-refractivity contribution is 5.88. The van der Waals surface area contributed by atoms with E-state index in [1.807, 2.05) is 43.3 Å². The summed E-state index contributed by atoms with van der Waals surface area (Å²) >= 11 is 0. The topological polar surface area (TPSA) is 103 Å². The highest BCUT2D eigenvalue weighted by atomic mass is 16.5. The molecule has 0 aliphatic carbocycles. The van der Waals surface area contributed by atoms with Crippen LogP contribution in [0.1, 0.15) is 17.7 Å². The number of aryl methyl sites for hydroxylation is 2. The van der Waals surface area contributed by atoms with E-state index in [0.717, 1.165) is 16.9 Å². The van der Waals surface area contributed by atoms with Crippen LogP contribution in [0.3, 0.4) is 0 Å². The molecule has 4 aromatic rings. The molecule has 0 saturated heterocycles. The van der Waals surface area contributed by atoms with Crippen molar-refractivity contribution in [2.24, 2.45) is 0 Å². The van der Waals surface area contributed by atoms with E-state index in [4.69, 9.17) is 8.94 Å². The summed E-state index contributed by atoms with van der Waals surface area (Å²) in [6.07, 6.45) is 3.76. The van der Waals surface area contributed by atoms with E-state index in [0.29, 0.717) is 24.0 Å². The molecule has 148 valence electrons. The summed E-state index contributed by atoms with van der Waals surface area (Å²) in [5, 5.41) is 7.15. The van der Waals surface area contributed by atoms with Crippen molar-refractivity contribution < 1.29 is 13.7 Å². The van der Waals surface area contributed by atoms with Crippen LogP contribution in [0.2, 0.25) is 0 Å². The summed E-state index contributed by atoms with van der Waals surface area (Å²) in [4.78, 5) is 29.2. The molecule has 0 aliphatic rings. The minimum atomic E-state index is -0.282. The average Bonchev–Trinajstić information content (AvgIpc) is 3.38. The number of hydrogen-bond donors (Lipinski definition) is 1. The first-order valence-electron chi connectivity index (χ1n) is 9.33. The summed E-state index contributed by atoms with van der Waals surface area (Å²) in [6, 6.07) is 11.3. The van der Waals surface area contributed by atoms with Crippen LogP contribution in [0.25, 0.3) is 22.4 Å². The number of aromatic nitrogens is 3. The van der Waals surface area contributed by atoms with Gasteiger partial charge in [0.05, 0.1) is 6.26 Å². The van der Waals surface area contributed by atoms with E-state index >= 15 is 0 Å². The fourth-order valence-electron chi connectivity index (χ4n) is 3.04. The van der Waals surface area contributed by atoms with Crippen molar-refractivity contribution in [1.82, 2.24) is 20.0 Å². The molecule has 1 N–H and O–H groups in total. The Hall–Kier alpha value is -3.68. The van der Waals surface area contributed by atoms with Gasteiger partial charge >= 0.3 is 0 Å². The van der Waals surface area contributed by atoms with Gasteiger partial charge in [-0.3, -0.25) is 14.2 Å². The second-order valence-electron chi connectivity index (χ2n) is 6.75. The summed E-state index contributed by atoms with van der Waals surface area (Å²) in [6.45, 7) is 2.67. The molecule has 4 rings (SSSR count). The first-order valence-corrected chi connectivity index (χ1v) is 9.33. The van der Waals surface area contributed by atoms with Gasteiger partial charge in [-0.25, -0.2) is 4.98 Å². The third-order valence-corrected chi connectivity index (χ3v) is 4.64. The van der Waals surface area contributed by atoms with Crippen molar-refractivity contribution in [3.8, 4) is 11.3 Å². The monoisotopic (exact) mass is 392 g/mol. The maximum Gasteiger partial charge on any atom is 0.266 e. The molecule has 0 fully saturated rings. The molecule has 8 nitrogen and oxygen atoms in total. The predicted octanol–water partition coefficient (Wildman–Crippen LogP) is 2.70. The van der Waals surface area contributed by atoms with Crippen molar-refractivity contribution in [3.63, 3.8) is 0 Å². The van der Waals surface area contributed by atoms with Crippen LogP contribution in [-0.4, -0.2) is 27.2 Å². The molecular weight excluding hydrogens is 372 g/mol. The number of rotatable bonds is 7. The number of benzene rings is 1. The molecule has 0 atom stereocenters. The molecule has 29 heavy (non-hydrogen) atoms. The predicted molar refractivity (Wildman–Crippen MR) is 106 cm³/mol. The lowest BCUT2D eigenvalue weighted by atomic mass is 10.1. The fraction of sp³-hybridized carbons (Fsp3) is 0.238. The van der Waals surface area contributed by atoms with Gasteiger partial charge < -0.3 is 14.3 Å². The van der Waals surface area contributed by atoms with Gasteiger partial charge in [0.15, 0.2) is 0 Å². The molecular formula is C21H20N4O4. The summed E-state index contributed by atoms with van der Waals surface area (Å²) < 4.78 is 11.9. The molecule has 0 unspecified atom stereocenters. The Kier molecular flexibility index (Phi) is 5.24. The number of nitrogens with one attached hydrogen (secondary N) is 1. The second-order valence-corrected chi connectivity index (χ2v) is 6.75. The lowest BCUT2D eigenvalue weighted by molar-refractivity contribution is -0.121. The third kappa shape index (κ3) is 4.11. The number of furan rings is 1. The van der Waals surface area contributed by atoms with Crippen LogP contribution in [0, 0.1) is 6.92 Å². The number of carbonyl (C=O) groups excluding carboxylic acids is 1. The Balaban J connectivity index is 1.46. The smallest absolute Gasteiger partial charge is 0.266 e. The van der Waals surface area contributed by atoms with Crippen molar-refractivity contribution in [3.05, 3.63) is 70.7 Å². The zero-order valence-corrected chi connectivity index (χ0v) is 15.9. The van der Waals surface area contributed by atoms with Crippen LogP contribution >= 0.6 is 0 Å². The zero-order chi connectivity index (χ0) is 20.2. The van der Waals surface area contributed by atoms with Gasteiger partial charge in [-0.15, -0.1) is 0 Å². The molecule has 0 saturated carbocycles. The molecule has 3 heterocycles. The third-order valence-electron chi connectivity index (χ3n) is 4.64. The van der Waals surface area contributed by atoms with Crippen LogP contribution in [0.4, 0.5) is 0 Å². The van der Waals surface area contributed by atoms with Gasteiger partial charge in [0.2, 0.25) is 5.91 Å². The van der Waals surface area contributed by atoms with E-state index in [1.165, 1.54) is 10.9 Å². The highest BCUT2D eigenvalue weighted by Crippen LogP contribution is 2.24. The number of hydrogen-bond acceptors (Lipinski definition) is 6. The SMILES string of the molecule is Cc1ccc(-c2noc3ncn(CCC(=O)NCCc4ccco4)c(=O)c23)cc1. The molecule has 0 aliphatic heterocycles. The van der Waals surface area contributed by atoms with E-state index in [9.17, 15) is 9.59 Å². The highest BCUT2D eigenvalue weighted by Gasteiger charge is 2.17. The van der Waals surface area contributed by atoms with Crippen molar-refractivity contribution >= 4 is 17.0 Å². The number of fused-ring (bicyclic) bond motifs is 1. The Morgan fingerprint density at radius 2 is 2.03 bits per heavy atom. The van der Waals surface area contributed by atoms with E-state index in [2.05, 4.69) is 15.5 Å². The van der Waals surface area contributed by atoms with Gasteiger partial charge in [-0.05, 0) is 19.1 Å². The summed E-state index contributed by atoms with van der Waals surface area (Å²) in [5.41, 5.74) is 2.24. The number of carbonyl (C=O) groups is 1. The average molecular weight is 392 g/mol. The van der Waals surface area contributed by atoms with E-state index in [-0.39, 0.29) is 30.1 Å². The Morgan fingerprint density at radius 3 is 2.79 bits per heavy atom. The summed E-state index contributed by atoms with van der Waals surface area (Å²) in [5.74, 6) is 0.667. The molecule has 0 spiro atoms. The van der Waals surface area contributed by atoms with Crippen LogP contribution in [0.5, 0.6) is 0 Å². The van der Waals surface area contributed by atoms with Gasteiger partial charge in [0.25, 0.3) is 11.3 Å². The fourth-order valence-corrected chi connectivity index (χ4v) is 3.04. The second kappa shape index (κ2) is 8.14. The van der Waals surface area contributed by atoms with Gasteiger partial charge in [0.1, 0.15) is 23.2 Å². The van der Waals surface area contributed by atoms with Gasteiger partial charge in [-0.2, -0.15) is 0 Å². The van der Waals surface area contributed by atoms with Crippen LogP contribution < -0.4 is 10.9 Å². The Morgan fingerprint density at radius 1 is 1.21 bits per heavy atom. The molecule has 3 aromatic heterocycles. The molecule has 1 aromatic carbocycles. The van der Waals surface area contributed by atoms with E-state index < -0.39 is 0 Å². The lowest BCUT2D eigenvalue weighted by Gasteiger charge is -2.06. The van der Waals surface area contributed by atoms with Crippen LogP contribution in [-0.2, 0) is 17.8 Å². The number of nitrogens with zero attached hydrogens (tertiary/aromatic N) is 3. The quantitative estimate of drug-likeness (QED) is 0.519. The Bertz CT molecular complexity index is 1170.